The van der Waals surface area contributed by atoms with Gasteiger partial charge < -0.3 is 15.0 Å². The molecule has 6 heteroatoms. The fourth-order valence-electron chi connectivity index (χ4n) is 1.68. The van der Waals surface area contributed by atoms with Crippen LogP contribution in [0.5, 0.6) is 5.75 Å². The third-order valence-corrected chi connectivity index (χ3v) is 2.79. The van der Waals surface area contributed by atoms with Crippen molar-refractivity contribution in [1.29, 1.82) is 0 Å². The molecule has 1 aromatic carbocycles. The zero-order valence-corrected chi connectivity index (χ0v) is 12.6. The van der Waals surface area contributed by atoms with Crippen LogP contribution in [0.1, 0.15) is 13.3 Å². The van der Waals surface area contributed by atoms with Gasteiger partial charge in [-0.15, -0.1) is 0 Å². The van der Waals surface area contributed by atoms with E-state index in [1.807, 2.05) is 44.3 Å². The number of benzene rings is 1. The number of carbonyl (C=O) groups excluding carboxylic acids is 2. The van der Waals surface area contributed by atoms with Crippen molar-refractivity contribution in [3.63, 3.8) is 0 Å². The second-order valence-electron chi connectivity index (χ2n) is 4.85. The minimum atomic E-state index is -0.435. The first-order chi connectivity index (χ1) is 10.1. The van der Waals surface area contributed by atoms with E-state index in [-0.39, 0.29) is 12.5 Å². The van der Waals surface area contributed by atoms with Crippen LogP contribution in [0.25, 0.3) is 0 Å². The van der Waals surface area contributed by atoms with Crippen molar-refractivity contribution in [2.75, 3.05) is 33.3 Å². The summed E-state index contributed by atoms with van der Waals surface area (Å²) < 4.78 is 5.56. The van der Waals surface area contributed by atoms with Crippen molar-refractivity contribution in [2.24, 2.45) is 0 Å². The van der Waals surface area contributed by atoms with Gasteiger partial charge in [-0.3, -0.25) is 10.1 Å². The first-order valence-corrected chi connectivity index (χ1v) is 7.18. The van der Waals surface area contributed by atoms with E-state index >= 15 is 0 Å². The molecule has 0 fully saturated rings. The van der Waals surface area contributed by atoms with Gasteiger partial charge >= 0.3 is 6.03 Å². The summed E-state index contributed by atoms with van der Waals surface area (Å²) in [6, 6.07) is 9.09. The average Bonchev–Trinajstić information content (AvgIpc) is 2.46. The number of hydrogen-bond donors (Lipinski definition) is 3. The van der Waals surface area contributed by atoms with Gasteiger partial charge in [-0.25, -0.2) is 4.79 Å². The maximum atomic E-state index is 11.6. The van der Waals surface area contributed by atoms with E-state index in [4.69, 9.17) is 4.74 Å². The summed E-state index contributed by atoms with van der Waals surface area (Å²) in [6.45, 7) is 3.95. The molecule has 0 aliphatic carbocycles. The molecule has 0 aromatic heterocycles. The van der Waals surface area contributed by atoms with E-state index in [1.165, 1.54) is 0 Å². The van der Waals surface area contributed by atoms with Crippen LogP contribution in [0.4, 0.5) is 4.79 Å². The fourth-order valence-corrected chi connectivity index (χ4v) is 1.68. The number of carbonyl (C=O) groups is 2. The van der Waals surface area contributed by atoms with E-state index < -0.39 is 6.03 Å². The van der Waals surface area contributed by atoms with Crippen molar-refractivity contribution in [3.05, 3.63) is 30.3 Å². The van der Waals surface area contributed by atoms with Crippen LogP contribution in [0.2, 0.25) is 0 Å². The van der Waals surface area contributed by atoms with Gasteiger partial charge in [0.25, 0.3) is 5.91 Å². The molecule has 3 N–H and O–H groups in total. The highest BCUT2D eigenvalue weighted by Gasteiger charge is 2.12. The molecule has 0 saturated carbocycles. The van der Waals surface area contributed by atoms with Crippen molar-refractivity contribution in [3.8, 4) is 5.75 Å². The zero-order chi connectivity index (χ0) is 15.5. The summed E-state index contributed by atoms with van der Waals surface area (Å²) in [5, 5.41) is 4.90. The van der Waals surface area contributed by atoms with Gasteiger partial charge in [0.05, 0.1) is 7.05 Å². The maximum Gasteiger partial charge on any atom is 0.321 e. The van der Waals surface area contributed by atoms with Crippen LogP contribution in [0.15, 0.2) is 30.3 Å². The maximum absolute atomic E-state index is 11.6. The van der Waals surface area contributed by atoms with Crippen molar-refractivity contribution in [1.82, 2.24) is 10.6 Å². The monoisotopic (exact) mass is 294 g/mol. The Hall–Kier alpha value is -2.08. The van der Waals surface area contributed by atoms with E-state index in [0.717, 1.165) is 17.1 Å². The molecule has 0 bridgehead atoms. The number of para-hydroxylation sites is 1. The van der Waals surface area contributed by atoms with Crippen LogP contribution >= 0.6 is 0 Å². The summed E-state index contributed by atoms with van der Waals surface area (Å²) in [5.41, 5.74) is 0. The topological polar surface area (TPSA) is 71.9 Å². The lowest BCUT2D eigenvalue weighted by molar-refractivity contribution is -0.871. The summed E-state index contributed by atoms with van der Waals surface area (Å²) in [7, 11) is 1.89. The second kappa shape index (κ2) is 9.77. The lowest BCUT2D eigenvalue weighted by atomic mass is 10.3. The van der Waals surface area contributed by atoms with E-state index in [0.29, 0.717) is 19.7 Å². The van der Waals surface area contributed by atoms with Gasteiger partial charge in [0, 0.05) is 6.54 Å². The molecular formula is C15H24N3O3+. The van der Waals surface area contributed by atoms with Crippen LogP contribution in [-0.4, -0.2) is 45.2 Å². The molecule has 1 rings (SSSR count). The van der Waals surface area contributed by atoms with E-state index in [1.54, 1.807) is 0 Å². The summed E-state index contributed by atoms with van der Waals surface area (Å²) >= 11 is 0. The van der Waals surface area contributed by atoms with Gasteiger partial charge in [0.15, 0.2) is 6.54 Å². The largest absolute Gasteiger partial charge is 0.488 e. The average molecular weight is 294 g/mol. The van der Waals surface area contributed by atoms with Gasteiger partial charge in [-0.2, -0.15) is 0 Å². The van der Waals surface area contributed by atoms with Crippen LogP contribution < -0.4 is 20.3 Å². The molecule has 1 unspecified atom stereocenters. The highest BCUT2D eigenvalue weighted by Crippen LogP contribution is 2.06. The number of likely N-dealkylation sites (N-methyl/N-ethyl adjacent to an activating group) is 1. The van der Waals surface area contributed by atoms with Gasteiger partial charge in [0.2, 0.25) is 0 Å². The zero-order valence-electron chi connectivity index (χ0n) is 12.6. The first-order valence-electron chi connectivity index (χ1n) is 7.18. The number of hydrogen-bond acceptors (Lipinski definition) is 3. The summed E-state index contributed by atoms with van der Waals surface area (Å²) in [6.07, 6.45) is 0.837. The fraction of sp³-hybridized carbons (Fsp3) is 0.467. The number of nitrogens with one attached hydrogen (secondary N) is 3. The number of imide groups is 1. The summed E-state index contributed by atoms with van der Waals surface area (Å²) in [5.74, 6) is 0.523. The molecule has 0 saturated heterocycles. The van der Waals surface area contributed by atoms with Gasteiger partial charge in [-0.05, 0) is 18.6 Å². The molecule has 6 nitrogen and oxygen atoms in total. The molecule has 0 heterocycles. The van der Waals surface area contributed by atoms with Crippen molar-refractivity contribution >= 4 is 11.9 Å². The van der Waals surface area contributed by atoms with E-state index in [2.05, 4.69) is 10.6 Å². The van der Waals surface area contributed by atoms with Crippen LogP contribution in [0.3, 0.4) is 0 Å². The molecule has 21 heavy (non-hydrogen) atoms. The molecule has 0 spiro atoms. The molecule has 116 valence electrons. The van der Waals surface area contributed by atoms with Gasteiger partial charge in [-0.1, -0.05) is 25.1 Å². The lowest BCUT2D eigenvalue weighted by Crippen LogP contribution is -3.10. The Kier molecular flexibility index (Phi) is 7.89. The smallest absolute Gasteiger partial charge is 0.321 e. The predicted octanol–water partition coefficient (Wildman–Crippen LogP) is -0.184. The Morgan fingerprint density at radius 1 is 1.24 bits per heavy atom. The number of quaternary nitrogens is 1. The second-order valence-corrected chi connectivity index (χ2v) is 4.85. The Morgan fingerprint density at radius 3 is 2.62 bits per heavy atom. The van der Waals surface area contributed by atoms with Crippen LogP contribution in [-0.2, 0) is 4.79 Å². The summed E-state index contributed by atoms with van der Waals surface area (Å²) in [4.78, 5) is 23.9. The Bertz CT molecular complexity index is 437. The number of ether oxygens (including phenoxy) is 1. The number of rotatable bonds is 8. The minimum absolute atomic E-state index is 0.234. The molecule has 1 atom stereocenters. The quantitative estimate of drug-likeness (QED) is 0.622. The third-order valence-electron chi connectivity index (χ3n) is 2.79. The predicted molar refractivity (Wildman–Crippen MR) is 80.4 cm³/mol. The molecule has 0 radical (unpaired) electrons. The Morgan fingerprint density at radius 2 is 1.95 bits per heavy atom. The highest BCUT2D eigenvalue weighted by molar-refractivity contribution is 5.94. The standard InChI is InChI=1S/C15H23N3O3/c1-3-9-16-15(20)17-14(19)12-18(2)10-11-21-13-7-5-4-6-8-13/h4-8H,3,9-12H2,1-2H3,(H2,16,17,19,20)/p+1. The Balaban J connectivity index is 2.16. The minimum Gasteiger partial charge on any atom is -0.488 e. The van der Waals surface area contributed by atoms with Crippen molar-refractivity contribution < 1.29 is 19.2 Å². The number of amides is 3. The molecular weight excluding hydrogens is 270 g/mol. The molecule has 0 aliphatic heterocycles. The highest BCUT2D eigenvalue weighted by atomic mass is 16.5. The van der Waals surface area contributed by atoms with E-state index in [9.17, 15) is 9.59 Å². The normalized spacial score (nSPS) is 11.5. The number of urea groups is 1. The van der Waals surface area contributed by atoms with Crippen molar-refractivity contribution in [2.45, 2.75) is 13.3 Å². The molecule has 0 aliphatic rings. The molecule has 3 amide bonds. The Labute approximate surface area is 125 Å². The van der Waals surface area contributed by atoms with Gasteiger partial charge in [0.1, 0.15) is 18.9 Å². The third kappa shape index (κ3) is 7.94. The first kappa shape index (κ1) is 17.0. The lowest BCUT2D eigenvalue weighted by Gasteiger charge is -2.14. The van der Waals surface area contributed by atoms with Crippen LogP contribution in [0, 0.1) is 0 Å². The molecule has 1 aromatic rings. The SMILES string of the molecule is CCCNC(=O)NC(=O)C[NH+](C)CCOc1ccccc1.